The smallest absolute Gasteiger partial charge is 0.406 e. The van der Waals surface area contributed by atoms with Crippen LogP contribution in [0.5, 0.6) is 5.75 Å². The number of fused-ring (bicyclic) bond motifs is 1. The molecule has 12 heteroatoms. The molecular formula is C18H16F3N5O3S. The molecule has 30 heavy (non-hydrogen) atoms. The van der Waals surface area contributed by atoms with E-state index in [2.05, 4.69) is 20.0 Å². The Morgan fingerprint density at radius 2 is 1.83 bits per heavy atom. The van der Waals surface area contributed by atoms with Gasteiger partial charge in [0.15, 0.2) is 0 Å². The number of hydroxylamine groups is 2. The molecule has 0 radical (unpaired) electrons. The van der Waals surface area contributed by atoms with Gasteiger partial charge < -0.3 is 20.2 Å². The Labute approximate surface area is 172 Å². The fourth-order valence-electron chi connectivity index (χ4n) is 2.99. The van der Waals surface area contributed by atoms with Crippen LogP contribution in [0.25, 0.3) is 10.2 Å². The number of nitrogens with one attached hydrogen (secondary N) is 1. The topological polar surface area (TPSA) is 90.8 Å². The van der Waals surface area contributed by atoms with E-state index in [1.165, 1.54) is 47.0 Å². The second-order valence-corrected chi connectivity index (χ2v) is 7.53. The van der Waals surface area contributed by atoms with Crippen molar-refractivity contribution in [2.75, 3.05) is 31.5 Å². The number of ether oxygens (including phenoxy) is 1. The van der Waals surface area contributed by atoms with Gasteiger partial charge in [-0.3, -0.25) is 4.79 Å². The van der Waals surface area contributed by atoms with Crippen LogP contribution in [0.2, 0.25) is 0 Å². The molecule has 8 nitrogen and oxygen atoms in total. The van der Waals surface area contributed by atoms with E-state index in [4.69, 9.17) is 0 Å². The Morgan fingerprint density at radius 3 is 2.50 bits per heavy atom. The van der Waals surface area contributed by atoms with E-state index in [9.17, 15) is 23.2 Å². The van der Waals surface area contributed by atoms with E-state index >= 15 is 0 Å². The summed E-state index contributed by atoms with van der Waals surface area (Å²) >= 11 is 1.23. The van der Waals surface area contributed by atoms with E-state index in [-0.39, 0.29) is 11.7 Å². The van der Waals surface area contributed by atoms with Crippen LogP contribution in [-0.2, 0) is 0 Å². The van der Waals surface area contributed by atoms with E-state index in [1.54, 1.807) is 11.0 Å². The molecule has 0 atom stereocenters. The predicted molar refractivity (Wildman–Crippen MR) is 103 cm³/mol. The molecule has 1 aromatic carbocycles. The van der Waals surface area contributed by atoms with Gasteiger partial charge >= 0.3 is 6.36 Å². The molecule has 1 amide bonds. The summed E-state index contributed by atoms with van der Waals surface area (Å²) in [6.07, 6.45) is -3.40. The second kappa shape index (κ2) is 8.05. The summed E-state index contributed by atoms with van der Waals surface area (Å²) in [4.78, 5) is 23.9. The summed E-state index contributed by atoms with van der Waals surface area (Å²) in [5, 5.41) is 14.3. The maximum Gasteiger partial charge on any atom is 0.573 e. The fraction of sp³-hybridized carbons (Fsp3) is 0.278. The molecule has 0 bridgehead atoms. The van der Waals surface area contributed by atoms with Gasteiger partial charge in [0.2, 0.25) is 0 Å². The van der Waals surface area contributed by atoms with Crippen LogP contribution < -0.4 is 10.1 Å². The monoisotopic (exact) mass is 439 g/mol. The molecule has 1 saturated heterocycles. The molecule has 0 aliphatic carbocycles. The molecule has 4 rings (SSSR count). The first-order valence-electron chi connectivity index (χ1n) is 8.89. The van der Waals surface area contributed by atoms with Gasteiger partial charge in [0, 0.05) is 31.9 Å². The lowest BCUT2D eigenvalue weighted by atomic mass is 10.2. The van der Waals surface area contributed by atoms with Gasteiger partial charge in [-0.1, -0.05) is 0 Å². The molecule has 0 saturated carbocycles. The molecule has 1 fully saturated rings. The number of nitrogens with zero attached hydrogens (tertiary/aromatic N) is 4. The average Bonchev–Trinajstić information content (AvgIpc) is 3.14. The van der Waals surface area contributed by atoms with Gasteiger partial charge in [0.1, 0.15) is 22.7 Å². The maximum absolute atomic E-state index is 12.8. The zero-order valence-corrected chi connectivity index (χ0v) is 16.2. The van der Waals surface area contributed by atoms with Crippen molar-refractivity contribution < 1.29 is 27.9 Å². The van der Waals surface area contributed by atoms with Crippen LogP contribution in [0.4, 0.5) is 24.7 Å². The van der Waals surface area contributed by atoms with Gasteiger partial charge in [-0.05, 0) is 30.3 Å². The lowest BCUT2D eigenvalue weighted by Crippen LogP contribution is -2.47. The second-order valence-electron chi connectivity index (χ2n) is 6.49. The van der Waals surface area contributed by atoms with Gasteiger partial charge in [-0.15, -0.1) is 24.5 Å². The molecular weight excluding hydrogens is 423 g/mol. The molecule has 2 N–H and O–H groups in total. The highest BCUT2D eigenvalue weighted by Crippen LogP contribution is 2.31. The normalized spacial score (nSPS) is 15.4. The molecule has 1 aliphatic rings. The molecule has 1 aliphatic heterocycles. The van der Waals surface area contributed by atoms with Gasteiger partial charge in [0.05, 0.1) is 10.3 Å². The van der Waals surface area contributed by atoms with Crippen LogP contribution in [0.15, 0.2) is 36.7 Å². The molecule has 2 aromatic heterocycles. The highest BCUT2D eigenvalue weighted by atomic mass is 32.1. The number of amides is 1. The number of anilines is 2. The lowest BCUT2D eigenvalue weighted by Gasteiger charge is -2.30. The van der Waals surface area contributed by atoms with Crippen molar-refractivity contribution in [1.82, 2.24) is 19.9 Å². The predicted octanol–water partition coefficient (Wildman–Crippen LogP) is 3.48. The Kier molecular flexibility index (Phi) is 5.45. The van der Waals surface area contributed by atoms with Gasteiger partial charge in [0.25, 0.3) is 5.91 Å². The van der Waals surface area contributed by atoms with Crippen molar-refractivity contribution in [3.8, 4) is 5.75 Å². The molecule has 0 spiro atoms. The number of aromatic nitrogens is 2. The summed E-state index contributed by atoms with van der Waals surface area (Å²) in [6.45, 7) is 1.62. The number of benzene rings is 1. The summed E-state index contributed by atoms with van der Waals surface area (Å²) in [6, 6.07) is 6.94. The van der Waals surface area contributed by atoms with Crippen molar-refractivity contribution >= 4 is 39.0 Å². The SMILES string of the molecule is O=C(c1cc2c(Nc3ccc(OC(F)(F)F)cc3)ncnc2s1)N1CCN(O)CC1. The molecule has 0 unspecified atom stereocenters. The number of hydrogen-bond acceptors (Lipinski definition) is 8. The number of piperazine rings is 1. The van der Waals surface area contributed by atoms with Crippen LogP contribution >= 0.6 is 11.3 Å². The van der Waals surface area contributed by atoms with Crippen molar-refractivity contribution in [2.24, 2.45) is 0 Å². The summed E-state index contributed by atoms with van der Waals surface area (Å²) in [5.41, 5.74) is 0.502. The standard InChI is InChI=1S/C18H16F3N5O3S/c19-18(20,21)29-12-3-1-11(2-4-12)24-15-13-9-14(30-16(13)23-10-22-15)17(27)25-5-7-26(28)8-6-25/h1-4,9-10,28H,5-8H2,(H,22,23,24). The zero-order chi connectivity index (χ0) is 21.3. The van der Waals surface area contributed by atoms with Crippen molar-refractivity contribution in [1.29, 1.82) is 0 Å². The Bertz CT molecular complexity index is 1050. The number of alkyl halides is 3. The summed E-state index contributed by atoms with van der Waals surface area (Å²) in [7, 11) is 0. The minimum atomic E-state index is -4.75. The van der Waals surface area contributed by atoms with Gasteiger partial charge in [-0.25, -0.2) is 9.97 Å². The van der Waals surface area contributed by atoms with E-state index in [0.29, 0.717) is 52.8 Å². The number of thiophene rings is 1. The minimum absolute atomic E-state index is 0.147. The third kappa shape index (κ3) is 4.61. The van der Waals surface area contributed by atoms with Crippen molar-refractivity contribution in [3.63, 3.8) is 0 Å². The molecule has 158 valence electrons. The van der Waals surface area contributed by atoms with E-state index in [0.717, 1.165) is 0 Å². The quantitative estimate of drug-likeness (QED) is 0.643. The number of carbonyl (C=O) groups excluding carboxylic acids is 1. The van der Waals surface area contributed by atoms with Crippen LogP contribution in [0.1, 0.15) is 9.67 Å². The lowest BCUT2D eigenvalue weighted by molar-refractivity contribution is -0.274. The van der Waals surface area contributed by atoms with Crippen molar-refractivity contribution in [3.05, 3.63) is 41.5 Å². The van der Waals surface area contributed by atoms with Crippen LogP contribution in [0, 0.1) is 0 Å². The Morgan fingerprint density at radius 1 is 1.13 bits per heavy atom. The summed E-state index contributed by atoms with van der Waals surface area (Å²) in [5.74, 6) is -0.0436. The first-order valence-corrected chi connectivity index (χ1v) is 9.70. The Balaban J connectivity index is 1.53. The minimum Gasteiger partial charge on any atom is -0.406 e. The largest absolute Gasteiger partial charge is 0.573 e. The van der Waals surface area contributed by atoms with Crippen LogP contribution in [-0.4, -0.2) is 63.6 Å². The van der Waals surface area contributed by atoms with Gasteiger partial charge in [-0.2, -0.15) is 5.06 Å². The van der Waals surface area contributed by atoms with Crippen LogP contribution in [0.3, 0.4) is 0 Å². The first-order chi connectivity index (χ1) is 14.3. The molecule has 3 aromatic rings. The number of rotatable bonds is 4. The fourth-order valence-corrected chi connectivity index (χ4v) is 3.96. The maximum atomic E-state index is 12.8. The molecule has 3 heterocycles. The Hall–Kier alpha value is -2.96. The third-order valence-electron chi connectivity index (χ3n) is 4.43. The van der Waals surface area contributed by atoms with E-state index in [1.807, 2.05) is 0 Å². The van der Waals surface area contributed by atoms with Crippen molar-refractivity contribution in [2.45, 2.75) is 6.36 Å². The highest BCUT2D eigenvalue weighted by molar-refractivity contribution is 7.20. The number of hydrogen-bond donors (Lipinski definition) is 2. The van der Waals surface area contributed by atoms with E-state index < -0.39 is 6.36 Å². The summed E-state index contributed by atoms with van der Waals surface area (Å²) < 4.78 is 40.7. The third-order valence-corrected chi connectivity index (χ3v) is 5.47. The highest BCUT2D eigenvalue weighted by Gasteiger charge is 2.31. The number of carbonyl (C=O) groups is 1. The zero-order valence-electron chi connectivity index (χ0n) is 15.4. The average molecular weight is 439 g/mol. The first kappa shape index (κ1) is 20.3. The number of halogens is 3.